The summed E-state index contributed by atoms with van der Waals surface area (Å²) in [5.41, 5.74) is 0.857. The van der Waals surface area contributed by atoms with Crippen molar-refractivity contribution in [3.63, 3.8) is 0 Å². The first-order valence-electron chi connectivity index (χ1n) is 7.00. The lowest BCUT2D eigenvalue weighted by molar-refractivity contribution is -0.143. The summed E-state index contributed by atoms with van der Waals surface area (Å²) in [6.45, 7) is 3.52. The number of hydrogen-bond donors (Lipinski definition) is 1. The van der Waals surface area contributed by atoms with E-state index in [9.17, 15) is 9.59 Å². The number of nitrogens with zero attached hydrogens (tertiary/aromatic N) is 1. The normalized spacial score (nSPS) is 15.0. The zero-order valence-corrected chi connectivity index (χ0v) is 12.0. The van der Waals surface area contributed by atoms with Gasteiger partial charge < -0.3 is 14.7 Å². The van der Waals surface area contributed by atoms with Gasteiger partial charge >= 0.3 is 5.97 Å². The van der Waals surface area contributed by atoms with Gasteiger partial charge in [-0.25, -0.2) is 0 Å². The predicted octanol–water partition coefficient (Wildman–Crippen LogP) is 2.03. The van der Waals surface area contributed by atoms with Gasteiger partial charge in [0.05, 0.1) is 13.0 Å². The number of ether oxygens (including phenoxy) is 1. The van der Waals surface area contributed by atoms with Crippen molar-refractivity contribution in [3.05, 3.63) is 35.9 Å². The Bertz CT molecular complexity index is 547. The summed E-state index contributed by atoms with van der Waals surface area (Å²) in [5, 5.41) is 8.68. The molecule has 1 fully saturated rings. The van der Waals surface area contributed by atoms with Crippen LogP contribution in [0.3, 0.4) is 0 Å². The highest BCUT2D eigenvalue weighted by Crippen LogP contribution is 2.22. The Morgan fingerprint density at radius 3 is 2.76 bits per heavy atom. The minimum Gasteiger partial charge on any atom is -0.493 e. The molecule has 5 heteroatoms. The largest absolute Gasteiger partial charge is 0.493 e. The molecule has 1 saturated heterocycles. The van der Waals surface area contributed by atoms with Crippen LogP contribution in [-0.4, -0.2) is 41.6 Å². The van der Waals surface area contributed by atoms with Crippen molar-refractivity contribution in [2.75, 3.05) is 19.7 Å². The van der Waals surface area contributed by atoms with Crippen LogP contribution in [0.15, 0.2) is 30.3 Å². The van der Waals surface area contributed by atoms with Gasteiger partial charge in [-0.15, -0.1) is 0 Å². The number of carbonyl (C=O) groups is 2. The summed E-state index contributed by atoms with van der Waals surface area (Å²) in [6.07, 6.45) is 3.37. The average Bonchev–Trinajstić information content (AvgIpc) is 2.41. The second-order valence-electron chi connectivity index (χ2n) is 5.01. The molecule has 1 aromatic carbocycles. The number of aliphatic carboxylic acids is 1. The molecular weight excluding hydrogens is 270 g/mol. The highest BCUT2D eigenvalue weighted by atomic mass is 16.5. The molecule has 1 heterocycles. The third-order valence-corrected chi connectivity index (χ3v) is 3.36. The van der Waals surface area contributed by atoms with Crippen LogP contribution in [0, 0.1) is 5.92 Å². The summed E-state index contributed by atoms with van der Waals surface area (Å²) in [5.74, 6) is -0.0804. The molecule has 1 aromatic rings. The van der Waals surface area contributed by atoms with Gasteiger partial charge in [-0.1, -0.05) is 18.2 Å². The molecule has 1 aliphatic rings. The molecule has 1 N–H and O–H groups in total. The zero-order valence-electron chi connectivity index (χ0n) is 12.0. The van der Waals surface area contributed by atoms with Gasteiger partial charge in [0.25, 0.3) is 0 Å². The van der Waals surface area contributed by atoms with Crippen LogP contribution in [0.1, 0.15) is 18.9 Å². The second-order valence-corrected chi connectivity index (χ2v) is 5.01. The number of rotatable bonds is 6. The standard InChI is InChI=1S/C16H19NO4/c1-2-21-14-6-4-3-5-13(14)7-8-15(18)17-10-12(11-17)9-16(19)20/h3-8,12H,2,9-11H2,1H3,(H,19,20). The monoisotopic (exact) mass is 289 g/mol. The van der Waals surface area contributed by atoms with Crippen molar-refractivity contribution in [1.29, 1.82) is 0 Å². The summed E-state index contributed by atoms with van der Waals surface area (Å²) in [7, 11) is 0. The number of carboxylic acids is 1. The molecule has 0 atom stereocenters. The minimum absolute atomic E-state index is 0.0792. The average molecular weight is 289 g/mol. The third-order valence-electron chi connectivity index (χ3n) is 3.36. The van der Waals surface area contributed by atoms with E-state index in [1.54, 1.807) is 11.0 Å². The smallest absolute Gasteiger partial charge is 0.303 e. The Hall–Kier alpha value is -2.30. The Morgan fingerprint density at radius 2 is 2.10 bits per heavy atom. The van der Waals surface area contributed by atoms with Crippen LogP contribution in [0.5, 0.6) is 5.75 Å². The maximum absolute atomic E-state index is 12.0. The fourth-order valence-corrected chi connectivity index (χ4v) is 2.30. The second kappa shape index (κ2) is 6.92. The van der Waals surface area contributed by atoms with E-state index in [-0.39, 0.29) is 18.2 Å². The van der Waals surface area contributed by atoms with Crippen LogP contribution in [0.25, 0.3) is 6.08 Å². The maximum Gasteiger partial charge on any atom is 0.303 e. The molecule has 0 spiro atoms. The number of likely N-dealkylation sites (tertiary alicyclic amines) is 1. The molecule has 1 amide bonds. The van der Waals surface area contributed by atoms with E-state index >= 15 is 0 Å². The Labute approximate surface area is 123 Å². The third kappa shape index (κ3) is 4.08. The van der Waals surface area contributed by atoms with Gasteiger partial charge in [-0.2, -0.15) is 0 Å². The molecule has 2 rings (SSSR count). The molecule has 1 aliphatic heterocycles. The van der Waals surface area contributed by atoms with Gasteiger partial charge in [0, 0.05) is 30.6 Å². The molecule has 112 valence electrons. The van der Waals surface area contributed by atoms with Gasteiger partial charge in [-0.05, 0) is 19.1 Å². The highest BCUT2D eigenvalue weighted by Gasteiger charge is 2.30. The molecule has 0 saturated carbocycles. The van der Waals surface area contributed by atoms with Crippen molar-refractivity contribution in [2.45, 2.75) is 13.3 Å². The SMILES string of the molecule is CCOc1ccccc1C=CC(=O)N1CC(CC(=O)O)C1. The van der Waals surface area contributed by atoms with E-state index in [0.717, 1.165) is 11.3 Å². The first-order chi connectivity index (χ1) is 10.1. The molecule has 21 heavy (non-hydrogen) atoms. The van der Waals surface area contributed by atoms with Gasteiger partial charge in [-0.3, -0.25) is 9.59 Å². The van der Waals surface area contributed by atoms with Crippen molar-refractivity contribution < 1.29 is 19.4 Å². The van der Waals surface area contributed by atoms with Crippen LogP contribution >= 0.6 is 0 Å². The van der Waals surface area contributed by atoms with E-state index in [0.29, 0.717) is 19.7 Å². The molecule has 0 unspecified atom stereocenters. The van der Waals surface area contributed by atoms with Gasteiger partial charge in [0.15, 0.2) is 0 Å². The van der Waals surface area contributed by atoms with Crippen LogP contribution in [-0.2, 0) is 9.59 Å². The van der Waals surface area contributed by atoms with Crippen molar-refractivity contribution in [1.82, 2.24) is 4.90 Å². The quantitative estimate of drug-likeness (QED) is 0.814. The van der Waals surface area contributed by atoms with E-state index < -0.39 is 5.97 Å². The maximum atomic E-state index is 12.0. The number of amides is 1. The van der Waals surface area contributed by atoms with Crippen molar-refractivity contribution in [3.8, 4) is 5.75 Å². The van der Waals surface area contributed by atoms with E-state index in [4.69, 9.17) is 9.84 Å². The van der Waals surface area contributed by atoms with Gasteiger partial charge in [0.2, 0.25) is 5.91 Å². The van der Waals surface area contributed by atoms with Crippen LogP contribution < -0.4 is 4.74 Å². The Morgan fingerprint density at radius 1 is 1.38 bits per heavy atom. The lowest BCUT2D eigenvalue weighted by Crippen LogP contribution is -2.49. The zero-order chi connectivity index (χ0) is 15.2. The van der Waals surface area contributed by atoms with Gasteiger partial charge in [0.1, 0.15) is 5.75 Å². The number of para-hydroxylation sites is 1. The summed E-state index contributed by atoms with van der Waals surface area (Å²) in [6, 6.07) is 7.52. The molecule has 0 bridgehead atoms. The van der Waals surface area contributed by atoms with Crippen molar-refractivity contribution in [2.24, 2.45) is 5.92 Å². The lowest BCUT2D eigenvalue weighted by atomic mass is 9.96. The predicted molar refractivity (Wildman–Crippen MR) is 79.0 cm³/mol. The molecular formula is C16H19NO4. The van der Waals surface area contributed by atoms with E-state index in [1.165, 1.54) is 6.08 Å². The fraction of sp³-hybridized carbons (Fsp3) is 0.375. The summed E-state index contributed by atoms with van der Waals surface area (Å²) < 4.78 is 5.49. The van der Waals surface area contributed by atoms with Crippen LogP contribution in [0.4, 0.5) is 0 Å². The molecule has 0 aromatic heterocycles. The Balaban J connectivity index is 1.90. The number of benzene rings is 1. The molecule has 5 nitrogen and oxygen atoms in total. The highest BCUT2D eigenvalue weighted by molar-refractivity contribution is 5.92. The van der Waals surface area contributed by atoms with E-state index in [1.807, 2.05) is 31.2 Å². The van der Waals surface area contributed by atoms with Crippen LogP contribution in [0.2, 0.25) is 0 Å². The topological polar surface area (TPSA) is 66.8 Å². The number of carbonyl (C=O) groups excluding carboxylic acids is 1. The lowest BCUT2D eigenvalue weighted by Gasteiger charge is -2.37. The van der Waals surface area contributed by atoms with E-state index in [2.05, 4.69) is 0 Å². The number of hydrogen-bond acceptors (Lipinski definition) is 3. The number of carboxylic acid groups (broad SMARTS) is 1. The Kier molecular flexibility index (Phi) is 4.98. The molecule has 0 radical (unpaired) electrons. The minimum atomic E-state index is -0.812. The molecule has 0 aliphatic carbocycles. The first kappa shape index (κ1) is 15.1. The summed E-state index contributed by atoms with van der Waals surface area (Å²) >= 11 is 0. The van der Waals surface area contributed by atoms with Crippen molar-refractivity contribution >= 4 is 18.0 Å². The fourth-order valence-electron chi connectivity index (χ4n) is 2.30. The first-order valence-corrected chi connectivity index (χ1v) is 7.00. The summed E-state index contributed by atoms with van der Waals surface area (Å²) in [4.78, 5) is 24.2.